The number of hydrogen-bond donors (Lipinski definition) is 1. The number of nitrogens with zero attached hydrogens (tertiary/aromatic N) is 1. The lowest BCUT2D eigenvalue weighted by Crippen LogP contribution is -2.05. The molecule has 0 unspecified atom stereocenters. The summed E-state index contributed by atoms with van der Waals surface area (Å²) in [6.45, 7) is 0. The minimum absolute atomic E-state index is 0.334. The SMILES string of the molecule is CS(=O)(=O)c1ccc(C(=O)O)cc1[N+](=O)[O-]. The van der Waals surface area contributed by atoms with Gasteiger partial charge in [-0.3, -0.25) is 10.1 Å². The summed E-state index contributed by atoms with van der Waals surface area (Å²) in [7, 11) is -3.76. The van der Waals surface area contributed by atoms with E-state index in [0.29, 0.717) is 0 Å². The van der Waals surface area contributed by atoms with E-state index in [2.05, 4.69) is 0 Å². The van der Waals surface area contributed by atoms with Gasteiger partial charge in [0.2, 0.25) is 0 Å². The van der Waals surface area contributed by atoms with Crippen molar-refractivity contribution in [2.45, 2.75) is 4.90 Å². The standard InChI is InChI=1S/C8H7NO6S/c1-16(14,15)7-3-2-5(8(10)11)4-6(7)9(12)13/h2-4H,1H3,(H,10,11). The van der Waals surface area contributed by atoms with Crippen molar-refractivity contribution < 1.29 is 23.2 Å². The van der Waals surface area contributed by atoms with Crippen molar-refractivity contribution in [3.8, 4) is 0 Å². The maximum atomic E-state index is 11.2. The summed E-state index contributed by atoms with van der Waals surface area (Å²) in [5.74, 6) is -1.36. The molecule has 0 aromatic heterocycles. The summed E-state index contributed by atoms with van der Waals surface area (Å²) in [5.41, 5.74) is -1.07. The Morgan fingerprint density at radius 2 is 2.00 bits per heavy atom. The van der Waals surface area contributed by atoms with E-state index in [-0.39, 0.29) is 5.56 Å². The molecule has 0 atom stereocenters. The molecule has 8 heteroatoms. The highest BCUT2D eigenvalue weighted by atomic mass is 32.2. The van der Waals surface area contributed by atoms with Crippen molar-refractivity contribution in [2.75, 3.05) is 6.26 Å². The van der Waals surface area contributed by atoms with Gasteiger partial charge in [-0.05, 0) is 12.1 Å². The number of carboxylic acids is 1. The number of benzene rings is 1. The Kier molecular flexibility index (Phi) is 2.95. The Balaban J connectivity index is 3.55. The molecule has 0 saturated heterocycles. The topological polar surface area (TPSA) is 115 Å². The van der Waals surface area contributed by atoms with E-state index in [0.717, 1.165) is 24.5 Å². The zero-order valence-corrected chi connectivity index (χ0v) is 8.89. The summed E-state index contributed by atoms with van der Waals surface area (Å²) in [5, 5.41) is 19.2. The van der Waals surface area contributed by atoms with Crippen molar-refractivity contribution in [1.29, 1.82) is 0 Å². The maximum Gasteiger partial charge on any atom is 0.335 e. The Hall–Kier alpha value is -1.96. The Bertz CT molecular complexity index is 562. The van der Waals surface area contributed by atoms with Crippen LogP contribution in [0.4, 0.5) is 5.69 Å². The predicted octanol–water partition coefficient (Wildman–Crippen LogP) is 0.697. The van der Waals surface area contributed by atoms with Crippen molar-refractivity contribution in [1.82, 2.24) is 0 Å². The van der Waals surface area contributed by atoms with Crippen LogP contribution < -0.4 is 0 Å². The fraction of sp³-hybridized carbons (Fsp3) is 0.125. The number of rotatable bonds is 3. The van der Waals surface area contributed by atoms with Gasteiger partial charge in [-0.25, -0.2) is 13.2 Å². The predicted molar refractivity (Wildman–Crippen MR) is 53.2 cm³/mol. The van der Waals surface area contributed by atoms with E-state index >= 15 is 0 Å². The van der Waals surface area contributed by atoms with Crippen LogP contribution in [0.25, 0.3) is 0 Å². The first-order valence-corrected chi connectivity index (χ1v) is 5.84. The van der Waals surface area contributed by atoms with E-state index in [9.17, 15) is 23.3 Å². The largest absolute Gasteiger partial charge is 0.478 e. The molecule has 0 amide bonds. The number of sulfone groups is 1. The minimum atomic E-state index is -3.76. The van der Waals surface area contributed by atoms with Gasteiger partial charge in [-0.1, -0.05) is 0 Å². The first-order chi connectivity index (χ1) is 7.23. The third-order valence-corrected chi connectivity index (χ3v) is 2.95. The van der Waals surface area contributed by atoms with E-state index in [4.69, 9.17) is 5.11 Å². The summed E-state index contributed by atoms with van der Waals surface area (Å²) in [4.78, 5) is 19.7. The van der Waals surface area contributed by atoms with Crippen molar-refractivity contribution in [3.05, 3.63) is 33.9 Å². The molecule has 16 heavy (non-hydrogen) atoms. The number of nitro benzene ring substituents is 1. The summed E-state index contributed by atoms with van der Waals surface area (Å²) in [6.07, 6.45) is 0.815. The van der Waals surface area contributed by atoms with Crippen LogP contribution in [0.3, 0.4) is 0 Å². The Morgan fingerprint density at radius 3 is 2.38 bits per heavy atom. The quantitative estimate of drug-likeness (QED) is 0.619. The fourth-order valence-corrected chi connectivity index (χ4v) is 1.94. The average Bonchev–Trinajstić information content (AvgIpc) is 2.15. The number of carboxylic acid groups (broad SMARTS) is 1. The van der Waals surface area contributed by atoms with Crippen molar-refractivity contribution in [2.24, 2.45) is 0 Å². The van der Waals surface area contributed by atoms with Gasteiger partial charge >= 0.3 is 5.97 Å². The summed E-state index contributed by atoms with van der Waals surface area (Å²) >= 11 is 0. The summed E-state index contributed by atoms with van der Waals surface area (Å²) in [6, 6.07) is 2.64. The molecule has 0 aliphatic heterocycles. The molecule has 0 saturated carbocycles. The maximum absolute atomic E-state index is 11.2. The van der Waals surface area contributed by atoms with Crippen LogP contribution in [0, 0.1) is 10.1 Å². The molecule has 0 aliphatic rings. The van der Waals surface area contributed by atoms with Gasteiger partial charge in [0.1, 0.15) is 4.90 Å². The Morgan fingerprint density at radius 1 is 1.44 bits per heavy atom. The number of aromatic carboxylic acids is 1. The molecule has 86 valence electrons. The molecule has 1 aromatic rings. The number of nitro groups is 1. The smallest absolute Gasteiger partial charge is 0.335 e. The third kappa shape index (κ3) is 2.34. The average molecular weight is 245 g/mol. The second-order valence-corrected chi connectivity index (χ2v) is 5.00. The molecule has 1 rings (SSSR count). The minimum Gasteiger partial charge on any atom is -0.478 e. The molecular weight excluding hydrogens is 238 g/mol. The number of hydrogen-bond acceptors (Lipinski definition) is 5. The lowest BCUT2D eigenvalue weighted by molar-refractivity contribution is -0.387. The second-order valence-electron chi connectivity index (χ2n) is 3.02. The van der Waals surface area contributed by atoms with Gasteiger partial charge in [0, 0.05) is 12.3 Å². The van der Waals surface area contributed by atoms with E-state index in [1.165, 1.54) is 0 Å². The molecule has 0 radical (unpaired) electrons. The molecular formula is C8H7NO6S. The van der Waals surface area contributed by atoms with Gasteiger partial charge in [-0.2, -0.15) is 0 Å². The van der Waals surface area contributed by atoms with Crippen molar-refractivity contribution in [3.63, 3.8) is 0 Å². The lowest BCUT2D eigenvalue weighted by Gasteiger charge is -2.01. The van der Waals surface area contributed by atoms with Crippen LogP contribution in [0.15, 0.2) is 23.1 Å². The highest BCUT2D eigenvalue weighted by Gasteiger charge is 2.23. The zero-order valence-electron chi connectivity index (χ0n) is 8.08. The number of carbonyl (C=O) groups is 1. The van der Waals surface area contributed by atoms with Crippen LogP contribution in [0.5, 0.6) is 0 Å². The monoisotopic (exact) mass is 245 g/mol. The molecule has 0 spiro atoms. The van der Waals surface area contributed by atoms with Gasteiger partial charge < -0.3 is 5.11 Å². The summed E-state index contributed by atoms with van der Waals surface area (Å²) < 4.78 is 22.4. The molecule has 0 heterocycles. The highest BCUT2D eigenvalue weighted by molar-refractivity contribution is 7.90. The van der Waals surface area contributed by atoms with E-state index < -0.39 is 31.3 Å². The van der Waals surface area contributed by atoms with Crippen LogP contribution in [-0.4, -0.2) is 30.7 Å². The van der Waals surface area contributed by atoms with Gasteiger partial charge in [-0.15, -0.1) is 0 Å². The Labute approximate surface area is 90.4 Å². The molecule has 1 aromatic carbocycles. The van der Waals surface area contributed by atoms with Gasteiger partial charge in [0.15, 0.2) is 9.84 Å². The molecule has 0 aliphatic carbocycles. The fourth-order valence-electron chi connectivity index (χ4n) is 1.11. The first kappa shape index (κ1) is 12.1. The van der Waals surface area contributed by atoms with Gasteiger partial charge in [0.25, 0.3) is 5.69 Å². The van der Waals surface area contributed by atoms with E-state index in [1.54, 1.807) is 0 Å². The van der Waals surface area contributed by atoms with Crippen LogP contribution in [0.2, 0.25) is 0 Å². The molecule has 7 nitrogen and oxygen atoms in total. The molecule has 0 fully saturated rings. The van der Waals surface area contributed by atoms with Crippen LogP contribution >= 0.6 is 0 Å². The highest BCUT2D eigenvalue weighted by Crippen LogP contribution is 2.24. The zero-order chi connectivity index (χ0) is 12.5. The molecule has 1 N–H and O–H groups in total. The first-order valence-electron chi connectivity index (χ1n) is 3.95. The van der Waals surface area contributed by atoms with Crippen LogP contribution in [0.1, 0.15) is 10.4 Å². The lowest BCUT2D eigenvalue weighted by atomic mass is 10.2. The normalized spacial score (nSPS) is 11.1. The molecule has 0 bridgehead atoms. The third-order valence-electron chi connectivity index (χ3n) is 1.80. The van der Waals surface area contributed by atoms with Crippen LogP contribution in [-0.2, 0) is 9.84 Å². The van der Waals surface area contributed by atoms with Crippen molar-refractivity contribution >= 4 is 21.5 Å². The van der Waals surface area contributed by atoms with Gasteiger partial charge in [0.05, 0.1) is 10.5 Å². The van der Waals surface area contributed by atoms with E-state index in [1.807, 2.05) is 0 Å². The second kappa shape index (κ2) is 3.89.